The molecule has 15 aromatic rings. The van der Waals surface area contributed by atoms with Crippen molar-refractivity contribution >= 4 is 81.1 Å². The highest BCUT2D eigenvalue weighted by atomic mass is 32.1. The van der Waals surface area contributed by atoms with Crippen LogP contribution in [0.2, 0.25) is 0 Å². The molecular weight excluding hydrogens is 989 g/mol. The smallest absolute Gasteiger partial charge is 0.235 e. The van der Waals surface area contributed by atoms with Crippen LogP contribution in [0.5, 0.6) is 0 Å². The third-order valence-electron chi connectivity index (χ3n) is 16.5. The number of aromatic nitrogens is 3. The second-order valence-corrected chi connectivity index (χ2v) is 21.8. The van der Waals surface area contributed by atoms with Crippen LogP contribution in [-0.2, 0) is 5.41 Å². The van der Waals surface area contributed by atoms with Crippen molar-refractivity contribution in [2.24, 2.45) is 0 Å². The summed E-state index contributed by atoms with van der Waals surface area (Å²) in [7, 11) is 0. The first-order chi connectivity index (χ1) is 39.7. The molecule has 4 nitrogen and oxygen atoms in total. The van der Waals surface area contributed by atoms with Crippen molar-refractivity contribution in [2.75, 3.05) is 4.90 Å². The third-order valence-corrected chi connectivity index (χ3v) is 17.7. The summed E-state index contributed by atoms with van der Waals surface area (Å²) < 4.78 is 4.72. The fraction of sp³-hybridized carbons (Fsp3) is 0.0133. The van der Waals surface area contributed by atoms with E-state index in [9.17, 15) is 0 Å². The van der Waals surface area contributed by atoms with Gasteiger partial charge in [0.05, 0.1) is 38.2 Å². The van der Waals surface area contributed by atoms with Gasteiger partial charge in [-0.15, -0.1) is 11.3 Å². The summed E-state index contributed by atoms with van der Waals surface area (Å²) in [5, 5.41) is 7.19. The SMILES string of the molecule is c1ccc(-c2ccc(N(c3ccc4c(c3)C(c3ccccc3)(c3ccccc3)c3ccccc3-4)c3cccc4c3sc3ccc5c(c34)c3c4ccccc4ccc3n5-c3nc(-c4ccccc4)cc(-c4ccccc4)n3)cc2)cc1. The number of thiophene rings is 1. The van der Waals surface area contributed by atoms with Crippen LogP contribution < -0.4 is 4.90 Å². The minimum atomic E-state index is -0.564. The quantitative estimate of drug-likeness (QED) is 0.144. The lowest BCUT2D eigenvalue weighted by atomic mass is 9.67. The van der Waals surface area contributed by atoms with E-state index in [1.165, 1.54) is 86.2 Å². The highest BCUT2D eigenvalue weighted by Gasteiger charge is 2.46. The molecule has 80 heavy (non-hydrogen) atoms. The summed E-state index contributed by atoms with van der Waals surface area (Å²) in [5.41, 5.74) is 18.5. The van der Waals surface area contributed by atoms with E-state index < -0.39 is 5.41 Å². The van der Waals surface area contributed by atoms with E-state index >= 15 is 0 Å². The molecule has 0 radical (unpaired) electrons. The van der Waals surface area contributed by atoms with Gasteiger partial charge < -0.3 is 4.90 Å². The zero-order valence-electron chi connectivity index (χ0n) is 43.4. The molecule has 0 spiro atoms. The fourth-order valence-corrected chi connectivity index (χ4v) is 14.2. The van der Waals surface area contributed by atoms with Crippen LogP contribution in [0.1, 0.15) is 22.3 Å². The molecule has 0 fully saturated rings. The number of hydrogen-bond acceptors (Lipinski definition) is 4. The molecule has 16 rings (SSSR count). The van der Waals surface area contributed by atoms with Crippen molar-refractivity contribution in [3.05, 3.63) is 313 Å². The normalized spacial score (nSPS) is 12.6. The maximum atomic E-state index is 5.45. The first-order valence-electron chi connectivity index (χ1n) is 27.3. The Bertz CT molecular complexity index is 4760. The first-order valence-corrected chi connectivity index (χ1v) is 28.1. The van der Waals surface area contributed by atoms with Crippen LogP contribution >= 0.6 is 11.3 Å². The largest absolute Gasteiger partial charge is 0.309 e. The highest BCUT2D eigenvalue weighted by Crippen LogP contribution is 2.58. The number of rotatable bonds is 9. The molecule has 0 amide bonds. The monoisotopic (exact) mass is 1040 g/mol. The Hall–Kier alpha value is -10.2. The van der Waals surface area contributed by atoms with Gasteiger partial charge in [0, 0.05) is 48.7 Å². The number of hydrogen-bond donors (Lipinski definition) is 0. The summed E-state index contributed by atoms with van der Waals surface area (Å²) in [6.45, 7) is 0. The average molecular weight is 1040 g/mol. The van der Waals surface area contributed by atoms with E-state index in [2.05, 4.69) is 301 Å². The second-order valence-electron chi connectivity index (χ2n) is 20.8. The van der Waals surface area contributed by atoms with Crippen molar-refractivity contribution in [1.82, 2.24) is 14.5 Å². The van der Waals surface area contributed by atoms with Crippen molar-refractivity contribution in [1.29, 1.82) is 0 Å². The lowest BCUT2D eigenvalue weighted by Crippen LogP contribution is -2.28. The molecule has 0 N–H and O–H groups in total. The van der Waals surface area contributed by atoms with Crippen molar-refractivity contribution in [2.45, 2.75) is 5.41 Å². The van der Waals surface area contributed by atoms with Crippen LogP contribution in [0.25, 0.3) is 103 Å². The molecule has 3 heterocycles. The molecule has 374 valence electrons. The van der Waals surface area contributed by atoms with E-state index in [4.69, 9.17) is 9.97 Å². The predicted molar refractivity (Wildman–Crippen MR) is 335 cm³/mol. The molecule has 0 unspecified atom stereocenters. The number of fused-ring (bicyclic) bond motifs is 12. The lowest BCUT2D eigenvalue weighted by Gasteiger charge is -2.35. The van der Waals surface area contributed by atoms with Gasteiger partial charge in [-0.2, -0.15) is 0 Å². The topological polar surface area (TPSA) is 34.0 Å². The Morgan fingerprint density at radius 3 is 1.59 bits per heavy atom. The summed E-state index contributed by atoms with van der Waals surface area (Å²) >= 11 is 1.87. The summed E-state index contributed by atoms with van der Waals surface area (Å²) in [4.78, 5) is 13.4. The summed E-state index contributed by atoms with van der Waals surface area (Å²) in [6, 6.07) is 106. The fourth-order valence-electron chi connectivity index (χ4n) is 13.0. The number of anilines is 3. The van der Waals surface area contributed by atoms with E-state index in [1.54, 1.807) is 0 Å². The molecule has 5 heteroatoms. The first kappa shape index (κ1) is 45.9. The minimum Gasteiger partial charge on any atom is -0.309 e. The van der Waals surface area contributed by atoms with Gasteiger partial charge in [-0.1, -0.05) is 237 Å². The van der Waals surface area contributed by atoms with Gasteiger partial charge in [-0.05, 0) is 110 Å². The Morgan fingerprint density at radius 1 is 0.362 bits per heavy atom. The molecular formula is C75H48N4S. The minimum absolute atomic E-state index is 0.564. The molecule has 3 aromatic heterocycles. The molecule has 1 aliphatic rings. The van der Waals surface area contributed by atoms with Gasteiger partial charge in [0.2, 0.25) is 5.95 Å². The van der Waals surface area contributed by atoms with Gasteiger partial charge in [-0.25, -0.2) is 9.97 Å². The molecule has 0 saturated carbocycles. The van der Waals surface area contributed by atoms with Crippen LogP contribution in [-0.4, -0.2) is 14.5 Å². The number of nitrogens with zero attached hydrogens (tertiary/aromatic N) is 4. The van der Waals surface area contributed by atoms with E-state index in [1.807, 2.05) is 11.3 Å². The van der Waals surface area contributed by atoms with Crippen molar-refractivity contribution < 1.29 is 0 Å². The predicted octanol–water partition coefficient (Wildman–Crippen LogP) is 19.9. The third kappa shape index (κ3) is 7.07. The van der Waals surface area contributed by atoms with Gasteiger partial charge in [-0.3, -0.25) is 4.57 Å². The maximum absolute atomic E-state index is 5.45. The second kappa shape index (κ2) is 18.5. The van der Waals surface area contributed by atoms with Gasteiger partial charge >= 0.3 is 0 Å². The molecule has 0 atom stereocenters. The Kier molecular flexibility index (Phi) is 10.6. The highest BCUT2D eigenvalue weighted by molar-refractivity contribution is 7.26. The average Bonchev–Trinajstić information content (AvgIpc) is 4.27. The van der Waals surface area contributed by atoms with E-state index in [-0.39, 0.29) is 0 Å². The maximum Gasteiger partial charge on any atom is 0.235 e. The van der Waals surface area contributed by atoms with Gasteiger partial charge in [0.25, 0.3) is 0 Å². The van der Waals surface area contributed by atoms with E-state index in [0.717, 1.165) is 50.6 Å². The molecule has 12 aromatic carbocycles. The Morgan fingerprint density at radius 2 is 0.900 bits per heavy atom. The molecule has 0 aliphatic heterocycles. The van der Waals surface area contributed by atoms with Crippen LogP contribution in [0.4, 0.5) is 17.1 Å². The number of benzene rings is 12. The standard InChI is InChI=1S/C75H48N4S/c1-6-21-49(22-7-1)50-37-40-56(41-38-50)78(57-42-43-60-59-33-18-19-35-62(59)75(63(60)47-57,54-28-12-4-13-29-54)55-30-14-5-15-31-55)68-36-20-34-61-71-69(80-73(61)68)46-45-67-72(71)70-58-32-17-16-23-51(58)39-44-66(70)79(67)74-76-64(52-24-8-2-9-25-52)48-65(77-74)53-26-10-3-11-27-53/h1-48H. The summed E-state index contributed by atoms with van der Waals surface area (Å²) in [5.74, 6) is 0.631. The van der Waals surface area contributed by atoms with Crippen LogP contribution in [0, 0.1) is 0 Å². The van der Waals surface area contributed by atoms with Crippen LogP contribution in [0.3, 0.4) is 0 Å². The van der Waals surface area contributed by atoms with Crippen molar-refractivity contribution in [3.8, 4) is 50.7 Å². The van der Waals surface area contributed by atoms with E-state index in [0.29, 0.717) is 5.95 Å². The van der Waals surface area contributed by atoms with Crippen molar-refractivity contribution in [3.63, 3.8) is 0 Å². The van der Waals surface area contributed by atoms with Crippen LogP contribution in [0.15, 0.2) is 291 Å². The molecule has 0 saturated heterocycles. The summed E-state index contributed by atoms with van der Waals surface area (Å²) in [6.07, 6.45) is 0. The lowest BCUT2D eigenvalue weighted by molar-refractivity contribution is 0.768. The van der Waals surface area contributed by atoms with Gasteiger partial charge in [0.1, 0.15) is 0 Å². The Labute approximate surface area is 467 Å². The Balaban J connectivity index is 0.967. The molecule has 1 aliphatic carbocycles. The zero-order chi connectivity index (χ0) is 52.7. The molecule has 0 bridgehead atoms. The van der Waals surface area contributed by atoms with Gasteiger partial charge in [0.15, 0.2) is 0 Å². The zero-order valence-corrected chi connectivity index (χ0v) is 44.2.